The number of nitrogens with two attached hydrogens (primary N) is 1. The molecule has 3 aromatic rings. The van der Waals surface area contributed by atoms with E-state index in [0.29, 0.717) is 5.75 Å². The highest BCUT2D eigenvalue weighted by Crippen LogP contribution is 2.20. The zero-order chi connectivity index (χ0) is 21.0. The van der Waals surface area contributed by atoms with E-state index in [1.807, 2.05) is 6.07 Å². The molecule has 9 nitrogen and oxygen atoms in total. The minimum Gasteiger partial charge on any atom is -0.486 e. The number of nitrogens with zero attached hydrogens (tertiary/aromatic N) is 3. The number of carbonyl (C=O) groups excluding carboxylic acids is 1. The van der Waals surface area contributed by atoms with Crippen LogP contribution in [0.25, 0.3) is 5.69 Å². The molecule has 0 aliphatic heterocycles. The van der Waals surface area contributed by atoms with Crippen molar-refractivity contribution in [1.82, 2.24) is 14.8 Å². The van der Waals surface area contributed by atoms with Crippen LogP contribution in [0.2, 0.25) is 0 Å². The fraction of sp³-hybridized carbons (Fsp3) is 0.167. The van der Waals surface area contributed by atoms with Gasteiger partial charge in [-0.3, -0.25) is 0 Å². The summed E-state index contributed by atoms with van der Waals surface area (Å²) in [7, 11) is -4.08. The average Bonchev–Trinajstić information content (AvgIpc) is 3.11. The normalized spacial score (nSPS) is 11.3. The first-order chi connectivity index (χ1) is 13.8. The number of rotatable bonds is 7. The van der Waals surface area contributed by atoms with Crippen LogP contribution in [-0.2, 0) is 21.4 Å². The van der Waals surface area contributed by atoms with Gasteiger partial charge in [-0.1, -0.05) is 18.2 Å². The van der Waals surface area contributed by atoms with E-state index >= 15 is 0 Å². The predicted octanol–water partition coefficient (Wildman–Crippen LogP) is 1.81. The number of hydrogen-bond donors (Lipinski definition) is 1. The third-order valence-electron chi connectivity index (χ3n) is 3.72. The molecule has 0 amide bonds. The zero-order valence-electron chi connectivity index (χ0n) is 15.3. The van der Waals surface area contributed by atoms with Gasteiger partial charge in [0, 0.05) is 0 Å². The van der Waals surface area contributed by atoms with E-state index in [9.17, 15) is 17.6 Å². The Morgan fingerprint density at radius 2 is 1.93 bits per heavy atom. The second-order valence-electron chi connectivity index (χ2n) is 5.74. The van der Waals surface area contributed by atoms with Crippen molar-refractivity contribution in [2.75, 3.05) is 6.61 Å². The highest BCUT2D eigenvalue weighted by atomic mass is 32.2. The minimum atomic E-state index is -4.08. The van der Waals surface area contributed by atoms with Gasteiger partial charge in [-0.2, -0.15) is 0 Å². The molecule has 0 aliphatic rings. The third-order valence-corrected chi connectivity index (χ3v) is 4.63. The van der Waals surface area contributed by atoms with E-state index in [4.69, 9.17) is 14.6 Å². The largest absolute Gasteiger partial charge is 0.486 e. The molecule has 11 heteroatoms. The summed E-state index contributed by atoms with van der Waals surface area (Å²) in [6, 6.07) is 11.9. The number of ether oxygens (including phenoxy) is 2. The maximum absolute atomic E-state index is 14.6. The van der Waals surface area contributed by atoms with E-state index in [0.717, 1.165) is 16.8 Å². The summed E-state index contributed by atoms with van der Waals surface area (Å²) in [5, 5.41) is 9.02. The van der Waals surface area contributed by atoms with Crippen LogP contribution in [0.4, 0.5) is 4.39 Å². The van der Waals surface area contributed by atoms with Gasteiger partial charge in [0.05, 0.1) is 11.5 Å². The lowest BCUT2D eigenvalue weighted by Gasteiger charge is -2.09. The number of para-hydroxylation sites is 1. The summed E-state index contributed by atoms with van der Waals surface area (Å²) in [4.78, 5) is 15.7. The summed E-state index contributed by atoms with van der Waals surface area (Å²) in [5.41, 5.74) is -0.132. The number of primary sulfonamides is 1. The average molecular weight is 420 g/mol. The number of sulfonamides is 1. The summed E-state index contributed by atoms with van der Waals surface area (Å²) in [5.74, 6) is -1.34. The number of aromatic nitrogens is 3. The van der Waals surface area contributed by atoms with Crippen molar-refractivity contribution >= 4 is 16.0 Å². The molecular formula is C18H17FN4O5S. The molecule has 2 aromatic carbocycles. The fourth-order valence-corrected chi connectivity index (χ4v) is 2.94. The molecule has 0 atom stereocenters. The molecule has 0 fully saturated rings. The van der Waals surface area contributed by atoms with Crippen LogP contribution in [0, 0.1) is 5.82 Å². The summed E-state index contributed by atoms with van der Waals surface area (Å²) < 4.78 is 49.0. The first-order valence-corrected chi connectivity index (χ1v) is 9.98. The van der Waals surface area contributed by atoms with Gasteiger partial charge in [-0.15, -0.1) is 5.10 Å². The van der Waals surface area contributed by atoms with E-state index in [1.54, 1.807) is 31.2 Å². The van der Waals surface area contributed by atoms with E-state index in [1.165, 1.54) is 6.07 Å². The maximum atomic E-state index is 14.6. The fourth-order valence-electron chi connectivity index (χ4n) is 2.41. The van der Waals surface area contributed by atoms with Crippen LogP contribution in [0.1, 0.15) is 23.4 Å². The molecular weight excluding hydrogens is 403 g/mol. The second-order valence-corrected chi connectivity index (χ2v) is 7.31. The van der Waals surface area contributed by atoms with Crippen LogP contribution in [0.3, 0.4) is 0 Å². The van der Waals surface area contributed by atoms with Gasteiger partial charge in [0.15, 0.2) is 5.82 Å². The number of halogens is 1. The van der Waals surface area contributed by atoms with Crippen LogP contribution in [-0.4, -0.2) is 35.8 Å². The first kappa shape index (κ1) is 20.4. The van der Waals surface area contributed by atoms with Crippen LogP contribution >= 0.6 is 0 Å². The molecule has 0 radical (unpaired) electrons. The monoisotopic (exact) mass is 420 g/mol. The van der Waals surface area contributed by atoms with Gasteiger partial charge in [-0.25, -0.2) is 32.4 Å². The van der Waals surface area contributed by atoms with Gasteiger partial charge in [-0.05, 0) is 37.3 Å². The van der Waals surface area contributed by atoms with Gasteiger partial charge in [0.2, 0.25) is 10.0 Å². The molecule has 1 heterocycles. The minimum absolute atomic E-state index is 0.110. The molecule has 152 valence electrons. The second kappa shape index (κ2) is 8.37. The van der Waals surface area contributed by atoms with E-state index < -0.39 is 26.7 Å². The van der Waals surface area contributed by atoms with E-state index in [2.05, 4.69) is 10.1 Å². The van der Waals surface area contributed by atoms with Crippen molar-refractivity contribution in [3.63, 3.8) is 0 Å². The molecule has 0 unspecified atom stereocenters. The Kier molecular flexibility index (Phi) is 5.89. The van der Waals surface area contributed by atoms with Gasteiger partial charge >= 0.3 is 5.97 Å². The third kappa shape index (κ3) is 4.76. The highest BCUT2D eigenvalue weighted by Gasteiger charge is 2.21. The zero-order valence-corrected chi connectivity index (χ0v) is 16.1. The van der Waals surface area contributed by atoms with Crippen molar-refractivity contribution in [1.29, 1.82) is 0 Å². The van der Waals surface area contributed by atoms with Gasteiger partial charge in [0.1, 0.15) is 23.9 Å². The van der Waals surface area contributed by atoms with Crippen molar-refractivity contribution in [3.05, 3.63) is 66.0 Å². The standard InChI is InChI=1S/C18H17FN4O5S/c1-2-27-18(24)17-21-16(11-28-12-6-4-3-5-7-12)23(22-17)15-9-8-13(10-14(15)19)29(20,25)26/h3-10H,2,11H2,1H3,(H2,20,25,26). The molecule has 0 bridgehead atoms. The smallest absolute Gasteiger partial charge is 0.378 e. The number of carbonyl (C=O) groups is 1. The Labute approximate surface area is 165 Å². The van der Waals surface area contributed by atoms with Crippen LogP contribution in [0.15, 0.2) is 53.4 Å². The Hall–Kier alpha value is -3.31. The Balaban J connectivity index is 2.00. The van der Waals surface area contributed by atoms with Gasteiger partial charge < -0.3 is 9.47 Å². The van der Waals surface area contributed by atoms with E-state index in [-0.39, 0.29) is 30.5 Å². The number of hydrogen-bond acceptors (Lipinski definition) is 7. The Morgan fingerprint density at radius 3 is 2.55 bits per heavy atom. The lowest BCUT2D eigenvalue weighted by atomic mass is 10.3. The summed E-state index contributed by atoms with van der Waals surface area (Å²) in [6.45, 7) is 1.60. The lowest BCUT2D eigenvalue weighted by molar-refractivity contribution is 0.0512. The topological polar surface area (TPSA) is 126 Å². The molecule has 0 spiro atoms. The lowest BCUT2D eigenvalue weighted by Crippen LogP contribution is -2.14. The molecule has 2 N–H and O–H groups in total. The molecule has 0 saturated carbocycles. The molecule has 29 heavy (non-hydrogen) atoms. The highest BCUT2D eigenvalue weighted by molar-refractivity contribution is 7.89. The Bertz CT molecular complexity index is 1130. The quantitative estimate of drug-likeness (QED) is 0.578. The first-order valence-electron chi connectivity index (χ1n) is 8.43. The van der Waals surface area contributed by atoms with Crippen molar-refractivity contribution in [2.24, 2.45) is 5.14 Å². The van der Waals surface area contributed by atoms with Crippen LogP contribution < -0.4 is 9.88 Å². The van der Waals surface area contributed by atoms with Gasteiger partial charge in [0.25, 0.3) is 5.82 Å². The van der Waals surface area contributed by atoms with Crippen molar-refractivity contribution in [2.45, 2.75) is 18.4 Å². The Morgan fingerprint density at radius 1 is 1.21 bits per heavy atom. The van der Waals surface area contributed by atoms with Crippen LogP contribution in [0.5, 0.6) is 5.75 Å². The molecule has 1 aromatic heterocycles. The number of benzene rings is 2. The van der Waals surface area contributed by atoms with Crippen molar-refractivity contribution < 1.29 is 27.1 Å². The molecule has 0 aliphatic carbocycles. The SMILES string of the molecule is CCOC(=O)c1nc(COc2ccccc2)n(-c2ccc(S(N)(=O)=O)cc2F)n1. The maximum Gasteiger partial charge on any atom is 0.378 e. The molecule has 3 rings (SSSR count). The predicted molar refractivity (Wildman–Crippen MR) is 99.4 cm³/mol. The summed E-state index contributed by atoms with van der Waals surface area (Å²) in [6.07, 6.45) is 0. The summed E-state index contributed by atoms with van der Waals surface area (Å²) >= 11 is 0. The molecule has 0 saturated heterocycles. The van der Waals surface area contributed by atoms with Crippen molar-refractivity contribution in [3.8, 4) is 11.4 Å². The number of esters is 1.